The van der Waals surface area contributed by atoms with Gasteiger partial charge in [-0.05, 0) is 61.4 Å². The highest BCUT2D eigenvalue weighted by atomic mass is 15.2. The predicted molar refractivity (Wildman–Crippen MR) is 143 cm³/mol. The van der Waals surface area contributed by atoms with Gasteiger partial charge < -0.3 is 11.5 Å². The zero-order valence-electron chi connectivity index (χ0n) is 19.4. The molecule has 0 aliphatic carbocycles. The van der Waals surface area contributed by atoms with Crippen LogP contribution in [0.4, 0.5) is 22.7 Å². The molecule has 34 heavy (non-hydrogen) atoms. The number of hydrogen-bond acceptors (Lipinski definition) is 2. The van der Waals surface area contributed by atoms with Gasteiger partial charge in [-0.25, -0.2) is 0 Å². The van der Waals surface area contributed by atoms with Crippen molar-refractivity contribution in [3.05, 3.63) is 120 Å². The highest BCUT2D eigenvalue weighted by molar-refractivity contribution is 6.01. The van der Waals surface area contributed by atoms with Crippen molar-refractivity contribution in [3.8, 4) is 0 Å². The topological polar surface area (TPSA) is 106 Å². The molecule has 0 unspecified atom stereocenters. The van der Waals surface area contributed by atoms with E-state index in [1.807, 2.05) is 123 Å². The second-order valence-corrected chi connectivity index (χ2v) is 7.69. The highest BCUT2D eigenvalue weighted by Gasteiger charge is 2.15. The zero-order valence-corrected chi connectivity index (χ0v) is 19.4. The number of anilines is 4. The summed E-state index contributed by atoms with van der Waals surface area (Å²) in [7, 11) is 0. The van der Waals surface area contributed by atoms with Gasteiger partial charge in [0.25, 0.3) is 0 Å². The van der Waals surface area contributed by atoms with E-state index in [1.54, 1.807) is 9.80 Å². The first kappa shape index (κ1) is 24.1. The molecule has 0 bridgehead atoms. The lowest BCUT2D eigenvalue weighted by Gasteiger charge is -2.26. The summed E-state index contributed by atoms with van der Waals surface area (Å²) >= 11 is 0. The van der Waals surface area contributed by atoms with Crippen molar-refractivity contribution < 1.29 is 0 Å². The lowest BCUT2D eigenvalue weighted by molar-refractivity contribution is 1.21. The van der Waals surface area contributed by atoms with E-state index < -0.39 is 0 Å². The molecular weight excluding hydrogens is 420 g/mol. The van der Waals surface area contributed by atoms with Gasteiger partial charge in [0.15, 0.2) is 11.9 Å². The van der Waals surface area contributed by atoms with Crippen LogP contribution in [-0.2, 0) is 0 Å². The third-order valence-corrected chi connectivity index (χ3v) is 5.22. The Morgan fingerprint density at radius 3 is 1.15 bits per heavy atom. The van der Waals surface area contributed by atoms with Crippen molar-refractivity contribution >= 4 is 34.7 Å². The first-order chi connectivity index (χ1) is 16.4. The van der Waals surface area contributed by atoms with Crippen LogP contribution in [0.5, 0.6) is 0 Å². The van der Waals surface area contributed by atoms with E-state index in [4.69, 9.17) is 22.3 Å². The van der Waals surface area contributed by atoms with E-state index in [1.165, 1.54) is 0 Å². The number of hydrogen-bond donors (Lipinski definition) is 4. The number of nitrogens with zero attached hydrogens (tertiary/aromatic N) is 2. The molecule has 0 amide bonds. The average molecular weight is 451 g/mol. The molecule has 0 spiro atoms. The fourth-order valence-electron chi connectivity index (χ4n) is 3.60. The smallest absolute Gasteiger partial charge is 0.197 e. The first-order valence-electron chi connectivity index (χ1n) is 10.9. The Morgan fingerprint density at radius 1 is 0.500 bits per heavy atom. The maximum Gasteiger partial charge on any atom is 0.197 e. The lowest BCUT2D eigenvalue weighted by Crippen LogP contribution is -2.33. The number of nitrogens with one attached hydrogen (secondary N) is 2. The van der Waals surface area contributed by atoms with E-state index in [0.717, 1.165) is 33.9 Å². The standard InChI is InChI=1S/C15H17N3.C13H13N3/c1-11-7-3-5-9-13(11)18(15(16)17)14-10-6-4-8-12(14)2;14-13(15)16(11-7-3-1-4-8-11)12-9-5-2-6-10-12/h3-10H,1-2H3,(H3,16,17);1-10H,(H3,14,15). The Morgan fingerprint density at radius 2 is 0.824 bits per heavy atom. The number of rotatable bonds is 4. The number of guanidine groups is 2. The minimum Gasteiger partial charge on any atom is -0.369 e. The van der Waals surface area contributed by atoms with Gasteiger partial charge in [-0.15, -0.1) is 0 Å². The van der Waals surface area contributed by atoms with E-state index >= 15 is 0 Å². The molecule has 0 saturated carbocycles. The van der Waals surface area contributed by atoms with Crippen molar-refractivity contribution in [1.82, 2.24) is 0 Å². The van der Waals surface area contributed by atoms with Gasteiger partial charge in [0, 0.05) is 11.4 Å². The fraction of sp³-hybridized carbons (Fsp3) is 0.0714. The quantitative estimate of drug-likeness (QED) is 0.224. The average Bonchev–Trinajstić information content (AvgIpc) is 2.83. The third-order valence-electron chi connectivity index (χ3n) is 5.22. The Labute approximate surface area is 201 Å². The number of aryl methyl sites for hydroxylation is 2. The lowest BCUT2D eigenvalue weighted by atomic mass is 10.1. The van der Waals surface area contributed by atoms with Crippen LogP contribution in [0.2, 0.25) is 0 Å². The molecule has 0 radical (unpaired) electrons. The molecule has 0 aromatic heterocycles. The fourth-order valence-corrected chi connectivity index (χ4v) is 3.60. The van der Waals surface area contributed by atoms with Crippen LogP contribution >= 0.6 is 0 Å². The Hall–Kier alpha value is -4.58. The molecule has 0 heterocycles. The van der Waals surface area contributed by atoms with Crippen LogP contribution in [0.1, 0.15) is 11.1 Å². The highest BCUT2D eigenvalue weighted by Crippen LogP contribution is 2.30. The van der Waals surface area contributed by atoms with Crippen LogP contribution in [0.3, 0.4) is 0 Å². The van der Waals surface area contributed by atoms with Crippen molar-refractivity contribution in [3.63, 3.8) is 0 Å². The summed E-state index contributed by atoms with van der Waals surface area (Å²) in [5, 5.41) is 15.5. The largest absolute Gasteiger partial charge is 0.369 e. The normalized spacial score (nSPS) is 9.94. The van der Waals surface area contributed by atoms with Crippen molar-refractivity contribution in [2.24, 2.45) is 11.5 Å². The molecule has 6 N–H and O–H groups in total. The van der Waals surface area contributed by atoms with Gasteiger partial charge in [-0.3, -0.25) is 20.6 Å². The minimum atomic E-state index is 0.0115. The van der Waals surface area contributed by atoms with Crippen LogP contribution in [0, 0.1) is 24.7 Å². The van der Waals surface area contributed by atoms with Gasteiger partial charge >= 0.3 is 0 Å². The van der Waals surface area contributed by atoms with Crippen LogP contribution in [0.25, 0.3) is 0 Å². The van der Waals surface area contributed by atoms with E-state index in [0.29, 0.717) is 0 Å². The van der Waals surface area contributed by atoms with Crippen LogP contribution < -0.4 is 21.3 Å². The Kier molecular flexibility index (Phi) is 8.02. The molecular formula is C28H30N6. The van der Waals surface area contributed by atoms with E-state index in [-0.39, 0.29) is 11.9 Å². The minimum absolute atomic E-state index is 0.0115. The van der Waals surface area contributed by atoms with Gasteiger partial charge in [0.05, 0.1) is 11.4 Å². The van der Waals surface area contributed by atoms with Gasteiger partial charge in [0.2, 0.25) is 0 Å². The second-order valence-electron chi connectivity index (χ2n) is 7.69. The molecule has 0 saturated heterocycles. The summed E-state index contributed by atoms with van der Waals surface area (Å²) in [4.78, 5) is 3.46. The summed E-state index contributed by atoms with van der Waals surface area (Å²) < 4.78 is 0. The summed E-state index contributed by atoms with van der Waals surface area (Å²) in [6.45, 7) is 4.03. The molecule has 0 atom stereocenters. The van der Waals surface area contributed by atoms with E-state index in [9.17, 15) is 0 Å². The molecule has 0 aliphatic rings. The monoisotopic (exact) mass is 450 g/mol. The first-order valence-corrected chi connectivity index (χ1v) is 10.9. The predicted octanol–water partition coefficient (Wildman–Crippen LogP) is 6.05. The summed E-state index contributed by atoms with van der Waals surface area (Å²) in [6, 6.07) is 35.1. The molecule has 4 aromatic rings. The number of benzene rings is 4. The van der Waals surface area contributed by atoms with Gasteiger partial charge in [-0.1, -0.05) is 72.8 Å². The second kappa shape index (κ2) is 11.3. The molecule has 4 rings (SSSR count). The maximum atomic E-state index is 7.82. The van der Waals surface area contributed by atoms with Gasteiger partial charge in [0.1, 0.15) is 0 Å². The molecule has 172 valence electrons. The molecule has 6 heteroatoms. The summed E-state index contributed by atoms with van der Waals surface area (Å²) in [5.74, 6) is 0.0380. The SMILES string of the molecule is Cc1ccccc1N(C(=N)N)c1ccccc1C.N=C(N)N(c1ccccc1)c1ccccc1. The van der Waals surface area contributed by atoms with Crippen molar-refractivity contribution in [2.75, 3.05) is 9.80 Å². The van der Waals surface area contributed by atoms with Gasteiger partial charge in [-0.2, -0.15) is 0 Å². The number of para-hydroxylation sites is 4. The van der Waals surface area contributed by atoms with Crippen molar-refractivity contribution in [2.45, 2.75) is 13.8 Å². The van der Waals surface area contributed by atoms with Crippen molar-refractivity contribution in [1.29, 1.82) is 10.8 Å². The van der Waals surface area contributed by atoms with Crippen LogP contribution in [0.15, 0.2) is 109 Å². The molecule has 4 aromatic carbocycles. The third kappa shape index (κ3) is 5.81. The van der Waals surface area contributed by atoms with E-state index in [2.05, 4.69) is 0 Å². The molecule has 0 aliphatic heterocycles. The zero-order chi connectivity index (χ0) is 24.5. The summed E-state index contributed by atoms with van der Waals surface area (Å²) in [5.41, 5.74) is 17.2. The molecule has 0 fully saturated rings. The maximum absolute atomic E-state index is 7.82. The number of nitrogens with two attached hydrogens (primary N) is 2. The summed E-state index contributed by atoms with van der Waals surface area (Å²) in [6.07, 6.45) is 0. The Balaban J connectivity index is 0.000000192. The molecule has 6 nitrogen and oxygen atoms in total. The Bertz CT molecular complexity index is 1150. The van der Waals surface area contributed by atoms with Crippen LogP contribution in [-0.4, -0.2) is 11.9 Å².